The summed E-state index contributed by atoms with van der Waals surface area (Å²) >= 11 is 5.69. The molecule has 0 radical (unpaired) electrons. The second-order valence-corrected chi connectivity index (χ2v) is 2.89. The van der Waals surface area contributed by atoms with Crippen molar-refractivity contribution in [1.29, 1.82) is 0 Å². The van der Waals surface area contributed by atoms with Gasteiger partial charge in [-0.15, -0.1) is 11.6 Å². The van der Waals surface area contributed by atoms with Gasteiger partial charge in [0, 0.05) is 0 Å². The van der Waals surface area contributed by atoms with E-state index in [9.17, 15) is 4.79 Å². The third-order valence-electron chi connectivity index (χ3n) is 1.50. The lowest BCUT2D eigenvalue weighted by atomic mass is 9.98. The minimum Gasteiger partial charge on any atom is -0.480 e. The molecule has 0 fully saturated rings. The van der Waals surface area contributed by atoms with E-state index in [1.54, 1.807) is 13.8 Å². The van der Waals surface area contributed by atoms with Gasteiger partial charge in [0.25, 0.3) is 0 Å². The van der Waals surface area contributed by atoms with Gasteiger partial charge in [0.05, 0.1) is 0 Å². The van der Waals surface area contributed by atoms with Crippen LogP contribution in [-0.4, -0.2) is 16.0 Å². The Bertz CT molecular complexity index is 149. The molecule has 0 aromatic heterocycles. The Morgan fingerprint density at radius 3 is 2.20 bits per heavy atom. The van der Waals surface area contributed by atoms with E-state index in [4.69, 9.17) is 16.7 Å². The largest absolute Gasteiger partial charge is 0.480 e. The first-order valence-corrected chi connectivity index (χ1v) is 3.41. The Labute approximate surface area is 65.5 Å². The van der Waals surface area contributed by atoms with Crippen molar-refractivity contribution in [3.05, 3.63) is 12.2 Å². The highest BCUT2D eigenvalue weighted by Gasteiger charge is 2.34. The predicted molar refractivity (Wildman–Crippen MR) is 41.3 cm³/mol. The van der Waals surface area contributed by atoms with E-state index in [1.165, 1.54) is 0 Å². The first kappa shape index (κ1) is 9.50. The van der Waals surface area contributed by atoms with E-state index in [0.717, 1.165) is 0 Å². The van der Waals surface area contributed by atoms with Gasteiger partial charge in [-0.25, -0.2) is 4.79 Å². The number of hydrogen-bond donors (Lipinski definition) is 1. The van der Waals surface area contributed by atoms with Crippen LogP contribution in [0.3, 0.4) is 0 Å². The average Bonchev–Trinajstić information content (AvgIpc) is 1.85. The van der Waals surface area contributed by atoms with Crippen LogP contribution in [0.2, 0.25) is 0 Å². The molecule has 0 aliphatic heterocycles. The molecule has 0 aliphatic rings. The molecule has 0 bridgehead atoms. The topological polar surface area (TPSA) is 37.3 Å². The molecular formula is C7H11ClO2. The van der Waals surface area contributed by atoms with Crippen molar-refractivity contribution in [2.75, 3.05) is 0 Å². The Kier molecular flexibility index (Phi) is 2.91. The fourth-order valence-corrected chi connectivity index (χ4v) is 0.636. The van der Waals surface area contributed by atoms with E-state index in [1.807, 2.05) is 0 Å². The Hall–Kier alpha value is -0.500. The van der Waals surface area contributed by atoms with E-state index in [-0.39, 0.29) is 0 Å². The van der Waals surface area contributed by atoms with Crippen molar-refractivity contribution in [3.63, 3.8) is 0 Å². The molecule has 0 heterocycles. The third-order valence-corrected chi connectivity index (χ3v) is 2.25. The lowest BCUT2D eigenvalue weighted by Crippen LogP contribution is -2.32. The maximum Gasteiger partial charge on any atom is 0.328 e. The second-order valence-electron chi connectivity index (χ2n) is 2.24. The van der Waals surface area contributed by atoms with Crippen molar-refractivity contribution >= 4 is 17.6 Å². The van der Waals surface area contributed by atoms with Crippen LogP contribution in [0.25, 0.3) is 0 Å². The van der Waals surface area contributed by atoms with Gasteiger partial charge in [0.2, 0.25) is 0 Å². The zero-order valence-corrected chi connectivity index (χ0v) is 6.90. The summed E-state index contributed by atoms with van der Waals surface area (Å²) in [5.41, 5.74) is 0.476. The molecule has 0 saturated carbocycles. The molecule has 0 amide bonds. The number of halogens is 1. The molecule has 3 heteroatoms. The van der Waals surface area contributed by atoms with Crippen LogP contribution in [0.4, 0.5) is 0 Å². The van der Waals surface area contributed by atoms with Gasteiger partial charge >= 0.3 is 5.97 Å². The monoisotopic (exact) mass is 162 g/mol. The summed E-state index contributed by atoms with van der Waals surface area (Å²) in [6.07, 6.45) is 0.360. The van der Waals surface area contributed by atoms with Crippen molar-refractivity contribution in [3.8, 4) is 0 Å². The van der Waals surface area contributed by atoms with Gasteiger partial charge in [0.1, 0.15) is 0 Å². The van der Waals surface area contributed by atoms with E-state index < -0.39 is 10.8 Å². The number of carbonyl (C=O) groups is 1. The summed E-state index contributed by atoms with van der Waals surface area (Å²) in [6, 6.07) is 0. The molecule has 1 unspecified atom stereocenters. The van der Waals surface area contributed by atoms with Crippen LogP contribution in [0.5, 0.6) is 0 Å². The summed E-state index contributed by atoms with van der Waals surface area (Å²) < 4.78 is 0. The smallest absolute Gasteiger partial charge is 0.328 e. The van der Waals surface area contributed by atoms with Gasteiger partial charge in [0.15, 0.2) is 4.87 Å². The standard InChI is InChI=1S/C7H11ClO2/c1-4-7(8,5(2)3)6(9)10/h2,4H2,1,3H3,(H,9,10). The summed E-state index contributed by atoms with van der Waals surface area (Å²) in [4.78, 5) is 9.24. The van der Waals surface area contributed by atoms with E-state index in [2.05, 4.69) is 6.58 Å². The van der Waals surface area contributed by atoms with E-state index in [0.29, 0.717) is 12.0 Å². The van der Waals surface area contributed by atoms with Crippen molar-refractivity contribution in [1.82, 2.24) is 0 Å². The molecule has 0 rings (SSSR count). The molecule has 0 spiro atoms. The first-order chi connectivity index (χ1) is 4.45. The van der Waals surface area contributed by atoms with Crippen molar-refractivity contribution < 1.29 is 9.90 Å². The molecule has 0 aromatic carbocycles. The SMILES string of the molecule is C=C(C)C(Cl)(CC)C(=O)O. The van der Waals surface area contributed by atoms with Crippen LogP contribution < -0.4 is 0 Å². The summed E-state index contributed by atoms with van der Waals surface area (Å²) in [6.45, 7) is 6.84. The molecule has 0 aromatic rings. The maximum atomic E-state index is 10.5. The highest BCUT2D eigenvalue weighted by molar-refractivity contribution is 6.35. The van der Waals surface area contributed by atoms with Crippen molar-refractivity contribution in [2.24, 2.45) is 0 Å². The molecule has 58 valence electrons. The molecule has 0 saturated heterocycles. The number of hydrogen-bond acceptors (Lipinski definition) is 1. The van der Waals surface area contributed by atoms with Gasteiger partial charge in [-0.2, -0.15) is 0 Å². The number of alkyl halides is 1. The molecular weight excluding hydrogens is 152 g/mol. The lowest BCUT2D eigenvalue weighted by Gasteiger charge is -2.19. The van der Waals surface area contributed by atoms with Gasteiger partial charge in [-0.1, -0.05) is 13.5 Å². The molecule has 1 N–H and O–H groups in total. The quantitative estimate of drug-likeness (QED) is 0.510. The fraction of sp³-hybridized carbons (Fsp3) is 0.571. The van der Waals surface area contributed by atoms with Crippen LogP contribution in [0.15, 0.2) is 12.2 Å². The van der Waals surface area contributed by atoms with Gasteiger partial charge in [-0.3, -0.25) is 0 Å². The molecule has 0 aliphatic carbocycles. The average molecular weight is 163 g/mol. The Morgan fingerprint density at radius 2 is 2.20 bits per heavy atom. The second kappa shape index (κ2) is 3.06. The van der Waals surface area contributed by atoms with Crippen LogP contribution in [0, 0.1) is 0 Å². The number of carboxylic acids is 1. The third kappa shape index (κ3) is 1.51. The predicted octanol–water partition coefficient (Wildman–Crippen LogP) is 2.03. The molecule has 1 atom stereocenters. The normalized spacial score (nSPS) is 15.9. The first-order valence-electron chi connectivity index (χ1n) is 3.03. The van der Waals surface area contributed by atoms with Gasteiger partial charge in [-0.05, 0) is 18.9 Å². The van der Waals surface area contributed by atoms with Crippen molar-refractivity contribution in [2.45, 2.75) is 25.1 Å². The maximum absolute atomic E-state index is 10.5. The number of carboxylic acid groups (broad SMARTS) is 1. The number of aliphatic carboxylic acids is 1. The van der Waals surface area contributed by atoms with Crippen LogP contribution >= 0.6 is 11.6 Å². The summed E-state index contributed by atoms with van der Waals surface area (Å²) in [5.74, 6) is -1.02. The molecule has 2 nitrogen and oxygen atoms in total. The fourth-order valence-electron chi connectivity index (χ4n) is 0.636. The van der Waals surface area contributed by atoms with Crippen LogP contribution in [0.1, 0.15) is 20.3 Å². The minimum absolute atomic E-state index is 0.360. The van der Waals surface area contributed by atoms with Gasteiger partial charge < -0.3 is 5.11 Å². The zero-order valence-electron chi connectivity index (χ0n) is 6.15. The Balaban J connectivity index is 4.55. The summed E-state index contributed by atoms with van der Waals surface area (Å²) in [7, 11) is 0. The minimum atomic E-state index is -1.26. The highest BCUT2D eigenvalue weighted by Crippen LogP contribution is 2.27. The number of rotatable bonds is 3. The lowest BCUT2D eigenvalue weighted by molar-refractivity contribution is -0.139. The van der Waals surface area contributed by atoms with E-state index >= 15 is 0 Å². The Morgan fingerprint density at radius 1 is 1.80 bits per heavy atom. The van der Waals surface area contributed by atoms with Crippen LogP contribution in [-0.2, 0) is 4.79 Å². The summed E-state index contributed by atoms with van der Waals surface area (Å²) in [5, 5.41) is 8.61. The highest BCUT2D eigenvalue weighted by atomic mass is 35.5. The zero-order chi connectivity index (χ0) is 8.36. The molecule has 10 heavy (non-hydrogen) atoms.